The highest BCUT2D eigenvalue weighted by Crippen LogP contribution is 2.50. The molecule has 0 saturated carbocycles. The van der Waals surface area contributed by atoms with Crippen LogP contribution in [0, 0.1) is 5.41 Å². The summed E-state index contributed by atoms with van der Waals surface area (Å²) in [5.41, 5.74) is -0.0155. The van der Waals surface area contributed by atoms with Crippen LogP contribution in [0.25, 0.3) is 0 Å². The second kappa shape index (κ2) is 4.06. The molecule has 0 amide bonds. The molecule has 1 aliphatic rings. The third-order valence-corrected chi connectivity index (χ3v) is 7.96. The molecule has 0 radical (unpaired) electrons. The molecule has 0 aromatic heterocycles. The van der Waals surface area contributed by atoms with Crippen molar-refractivity contribution in [1.82, 2.24) is 0 Å². The fourth-order valence-electron chi connectivity index (χ4n) is 2.87. The molecule has 0 fully saturated rings. The van der Waals surface area contributed by atoms with E-state index in [2.05, 4.69) is 0 Å². The molecule has 0 saturated heterocycles. The molecule has 1 aliphatic heterocycles. The van der Waals surface area contributed by atoms with Gasteiger partial charge < -0.3 is 5.11 Å². The number of aliphatic hydroxyl groups excluding tert-OH is 1. The summed E-state index contributed by atoms with van der Waals surface area (Å²) >= 11 is 0. The number of fused-ring (bicyclic) bond motifs is 1. The monoisotopic (exact) mass is 282 g/mol. The summed E-state index contributed by atoms with van der Waals surface area (Å²) in [5.74, 6) is -0.206. The van der Waals surface area contributed by atoms with Crippen LogP contribution in [0.3, 0.4) is 0 Å². The van der Waals surface area contributed by atoms with Crippen molar-refractivity contribution < 1.29 is 13.5 Å². The van der Waals surface area contributed by atoms with Crippen molar-refractivity contribution in [2.24, 2.45) is 5.41 Å². The summed E-state index contributed by atoms with van der Waals surface area (Å²) in [6.45, 7) is 8.97. The van der Waals surface area contributed by atoms with Crippen LogP contribution in [0.2, 0.25) is 0 Å². The highest BCUT2D eigenvalue weighted by molar-refractivity contribution is 7.93. The Hall–Kier alpha value is -0.870. The molecule has 1 aromatic carbocycles. The Balaban J connectivity index is 2.87. The summed E-state index contributed by atoms with van der Waals surface area (Å²) in [5, 5.41) is 10.6. The summed E-state index contributed by atoms with van der Waals surface area (Å²) in [6, 6.07) is 7.02. The van der Waals surface area contributed by atoms with Gasteiger partial charge in [0.1, 0.15) is 0 Å². The van der Waals surface area contributed by atoms with Crippen LogP contribution in [0.5, 0.6) is 0 Å². The Morgan fingerprint density at radius 3 is 2.21 bits per heavy atom. The molecule has 106 valence electrons. The SMILES string of the molecule is CC1c2ccccc2S(=O)(=O)C(C)(C)C(C)(C)C1O. The Morgan fingerprint density at radius 2 is 1.63 bits per heavy atom. The lowest BCUT2D eigenvalue weighted by molar-refractivity contribution is 0.0118. The predicted molar refractivity (Wildman–Crippen MR) is 75.9 cm³/mol. The number of aliphatic hydroxyl groups is 1. The van der Waals surface area contributed by atoms with Crippen LogP contribution in [0.1, 0.15) is 46.1 Å². The Kier molecular flexibility index (Phi) is 3.11. The average Bonchev–Trinajstić information content (AvgIpc) is 2.37. The van der Waals surface area contributed by atoms with E-state index >= 15 is 0 Å². The Morgan fingerprint density at radius 1 is 1.11 bits per heavy atom. The molecule has 0 bridgehead atoms. The molecule has 0 spiro atoms. The van der Waals surface area contributed by atoms with Gasteiger partial charge in [-0.25, -0.2) is 8.42 Å². The van der Waals surface area contributed by atoms with Crippen molar-refractivity contribution >= 4 is 9.84 Å². The molecule has 1 aromatic rings. The van der Waals surface area contributed by atoms with E-state index in [0.717, 1.165) is 0 Å². The van der Waals surface area contributed by atoms with Gasteiger partial charge in [-0.05, 0) is 25.5 Å². The highest BCUT2D eigenvalue weighted by atomic mass is 32.2. The number of hydrogen-bond donors (Lipinski definition) is 1. The third kappa shape index (κ3) is 1.69. The lowest BCUT2D eigenvalue weighted by Gasteiger charge is -2.43. The fourth-order valence-corrected chi connectivity index (χ4v) is 5.06. The van der Waals surface area contributed by atoms with E-state index < -0.39 is 26.1 Å². The van der Waals surface area contributed by atoms with Gasteiger partial charge in [-0.2, -0.15) is 0 Å². The van der Waals surface area contributed by atoms with Crippen LogP contribution in [-0.4, -0.2) is 24.4 Å². The summed E-state index contributed by atoms with van der Waals surface area (Å²) in [7, 11) is -3.49. The normalized spacial score (nSPS) is 31.3. The predicted octanol–water partition coefficient (Wildman–Crippen LogP) is 2.74. The maximum Gasteiger partial charge on any atom is 0.184 e. The van der Waals surface area contributed by atoms with Gasteiger partial charge in [0.05, 0.1) is 15.7 Å². The summed E-state index contributed by atoms with van der Waals surface area (Å²) in [6.07, 6.45) is -0.707. The maximum atomic E-state index is 12.9. The summed E-state index contributed by atoms with van der Waals surface area (Å²) < 4.78 is 24.9. The zero-order valence-electron chi connectivity index (χ0n) is 12.1. The average molecular weight is 282 g/mol. The fraction of sp³-hybridized carbons (Fsp3) is 0.600. The second-order valence-electron chi connectivity index (χ2n) is 6.51. The first-order valence-electron chi connectivity index (χ1n) is 6.57. The molecule has 2 atom stereocenters. The molecule has 19 heavy (non-hydrogen) atoms. The molecule has 1 heterocycles. The summed E-state index contributed by atoms with van der Waals surface area (Å²) in [4.78, 5) is 0.358. The van der Waals surface area contributed by atoms with E-state index in [9.17, 15) is 13.5 Å². The van der Waals surface area contributed by atoms with Crippen molar-refractivity contribution in [3.63, 3.8) is 0 Å². The largest absolute Gasteiger partial charge is 0.392 e. The van der Waals surface area contributed by atoms with Gasteiger partial charge in [-0.15, -0.1) is 0 Å². The lowest BCUT2D eigenvalue weighted by Crippen LogP contribution is -2.51. The minimum absolute atomic E-state index is 0.206. The Labute approximate surface area is 115 Å². The number of sulfone groups is 1. The molecule has 0 aliphatic carbocycles. The van der Waals surface area contributed by atoms with E-state index in [1.54, 1.807) is 32.0 Å². The number of rotatable bonds is 0. The van der Waals surface area contributed by atoms with Crippen molar-refractivity contribution in [1.29, 1.82) is 0 Å². The van der Waals surface area contributed by atoms with Crippen LogP contribution < -0.4 is 0 Å². The van der Waals surface area contributed by atoms with Crippen molar-refractivity contribution in [3.8, 4) is 0 Å². The van der Waals surface area contributed by atoms with Gasteiger partial charge in [0, 0.05) is 11.3 Å². The van der Waals surface area contributed by atoms with Gasteiger partial charge in [0.15, 0.2) is 9.84 Å². The quantitative estimate of drug-likeness (QED) is 0.796. The topological polar surface area (TPSA) is 54.4 Å². The number of benzene rings is 1. The smallest absolute Gasteiger partial charge is 0.184 e. The molecule has 4 heteroatoms. The Bertz CT molecular complexity index is 600. The minimum atomic E-state index is -3.49. The van der Waals surface area contributed by atoms with Crippen LogP contribution in [0.15, 0.2) is 29.2 Å². The molecule has 2 unspecified atom stereocenters. The van der Waals surface area contributed by atoms with E-state index in [0.29, 0.717) is 10.5 Å². The van der Waals surface area contributed by atoms with Gasteiger partial charge in [-0.1, -0.05) is 39.0 Å². The number of hydrogen-bond acceptors (Lipinski definition) is 3. The van der Waals surface area contributed by atoms with E-state index in [4.69, 9.17) is 0 Å². The second-order valence-corrected chi connectivity index (χ2v) is 8.97. The van der Waals surface area contributed by atoms with Crippen LogP contribution in [-0.2, 0) is 9.84 Å². The maximum absolute atomic E-state index is 12.9. The van der Waals surface area contributed by atoms with Gasteiger partial charge in [0.25, 0.3) is 0 Å². The van der Waals surface area contributed by atoms with Crippen molar-refractivity contribution in [3.05, 3.63) is 29.8 Å². The van der Waals surface area contributed by atoms with E-state index in [-0.39, 0.29) is 5.92 Å². The van der Waals surface area contributed by atoms with E-state index in [1.807, 2.05) is 26.8 Å². The first-order valence-corrected chi connectivity index (χ1v) is 8.05. The standard InChI is InChI=1S/C15H22O3S/c1-10-11-8-6-7-9-12(11)19(17,18)15(4,5)14(2,3)13(10)16/h6-10,13,16H,1-5H3. The zero-order valence-corrected chi connectivity index (χ0v) is 13.0. The zero-order chi connectivity index (χ0) is 14.6. The van der Waals surface area contributed by atoms with Crippen LogP contribution in [0.4, 0.5) is 0 Å². The molecular weight excluding hydrogens is 260 g/mol. The first kappa shape index (κ1) is 14.5. The minimum Gasteiger partial charge on any atom is -0.392 e. The molecule has 2 rings (SSSR count). The lowest BCUT2D eigenvalue weighted by atomic mass is 9.70. The highest BCUT2D eigenvalue weighted by Gasteiger charge is 2.56. The molecule has 3 nitrogen and oxygen atoms in total. The first-order chi connectivity index (χ1) is 8.55. The van der Waals surface area contributed by atoms with Crippen LogP contribution >= 0.6 is 0 Å². The van der Waals surface area contributed by atoms with Crippen molar-refractivity contribution in [2.75, 3.05) is 0 Å². The van der Waals surface area contributed by atoms with Crippen molar-refractivity contribution in [2.45, 2.75) is 56.3 Å². The van der Waals surface area contributed by atoms with E-state index in [1.165, 1.54) is 0 Å². The van der Waals surface area contributed by atoms with Gasteiger partial charge in [0.2, 0.25) is 0 Å². The molecular formula is C15H22O3S. The van der Waals surface area contributed by atoms with Gasteiger partial charge in [-0.3, -0.25) is 0 Å². The van der Waals surface area contributed by atoms with Gasteiger partial charge >= 0.3 is 0 Å². The molecule has 1 N–H and O–H groups in total. The third-order valence-electron chi connectivity index (χ3n) is 5.14.